The van der Waals surface area contributed by atoms with Gasteiger partial charge in [0.05, 0.1) is 17.6 Å². The molecule has 2 heterocycles. The van der Waals surface area contributed by atoms with Gasteiger partial charge in [0.2, 0.25) is 5.91 Å². The molecule has 1 saturated heterocycles. The maximum absolute atomic E-state index is 12.1. The molecular weight excluding hydrogens is 260 g/mol. The second-order valence-corrected chi connectivity index (χ2v) is 5.34. The van der Waals surface area contributed by atoms with Crippen LogP contribution in [-0.4, -0.2) is 28.9 Å². The van der Waals surface area contributed by atoms with Crippen LogP contribution in [0.1, 0.15) is 18.5 Å². The van der Waals surface area contributed by atoms with Gasteiger partial charge in [0.1, 0.15) is 0 Å². The molecule has 0 unspecified atom stereocenters. The molecule has 0 aliphatic carbocycles. The Hall–Kier alpha value is -1.61. The fourth-order valence-corrected chi connectivity index (χ4v) is 2.63. The molecule has 0 atom stereocenters. The van der Waals surface area contributed by atoms with E-state index in [4.69, 9.17) is 11.6 Å². The minimum atomic E-state index is 0.173. The molecule has 3 nitrogen and oxygen atoms in total. The topological polar surface area (TPSA) is 33.2 Å². The molecule has 1 aliphatic rings. The lowest BCUT2D eigenvalue weighted by Gasteiger charge is -2.14. The molecule has 1 fully saturated rings. The van der Waals surface area contributed by atoms with Gasteiger partial charge < -0.3 is 4.90 Å². The Morgan fingerprint density at radius 3 is 2.74 bits per heavy atom. The minimum absolute atomic E-state index is 0.173. The summed E-state index contributed by atoms with van der Waals surface area (Å²) in [7, 11) is 0. The van der Waals surface area contributed by atoms with Gasteiger partial charge in [0, 0.05) is 23.5 Å². The van der Waals surface area contributed by atoms with Crippen LogP contribution in [0.15, 0.2) is 30.3 Å². The second-order valence-electron chi connectivity index (χ2n) is 4.90. The van der Waals surface area contributed by atoms with Crippen LogP contribution < -0.4 is 0 Å². The summed E-state index contributed by atoms with van der Waals surface area (Å²) in [6.45, 7) is 1.77. The van der Waals surface area contributed by atoms with Crippen LogP contribution >= 0.6 is 11.6 Å². The molecule has 3 rings (SSSR count). The van der Waals surface area contributed by atoms with Gasteiger partial charge in [-0.05, 0) is 31.0 Å². The van der Waals surface area contributed by atoms with E-state index in [-0.39, 0.29) is 5.91 Å². The number of nitrogens with zero attached hydrogens (tertiary/aromatic N) is 2. The fourth-order valence-electron chi connectivity index (χ4n) is 2.46. The number of pyridine rings is 1. The van der Waals surface area contributed by atoms with Gasteiger partial charge >= 0.3 is 0 Å². The van der Waals surface area contributed by atoms with Crippen LogP contribution in [0.25, 0.3) is 10.9 Å². The van der Waals surface area contributed by atoms with E-state index in [1.54, 1.807) is 0 Å². The van der Waals surface area contributed by atoms with E-state index in [0.717, 1.165) is 42.5 Å². The number of carbonyl (C=O) groups is 1. The first-order chi connectivity index (χ1) is 9.22. The third kappa shape index (κ3) is 2.71. The third-order valence-electron chi connectivity index (χ3n) is 3.50. The average Bonchev–Trinajstić information content (AvgIpc) is 2.92. The van der Waals surface area contributed by atoms with Crippen molar-refractivity contribution in [2.75, 3.05) is 13.1 Å². The number of benzene rings is 1. The number of fused-ring (bicyclic) bond motifs is 1. The summed E-state index contributed by atoms with van der Waals surface area (Å²) in [6, 6.07) is 9.54. The summed E-state index contributed by atoms with van der Waals surface area (Å²) in [5, 5.41) is 1.71. The van der Waals surface area contributed by atoms with Gasteiger partial charge in [-0.15, -0.1) is 0 Å². The van der Waals surface area contributed by atoms with E-state index < -0.39 is 0 Å². The summed E-state index contributed by atoms with van der Waals surface area (Å²) in [4.78, 5) is 18.5. The Bertz CT molecular complexity index is 621. The van der Waals surface area contributed by atoms with Crippen LogP contribution in [0.3, 0.4) is 0 Å². The van der Waals surface area contributed by atoms with Crippen LogP contribution in [0.5, 0.6) is 0 Å². The average molecular weight is 275 g/mol. The highest BCUT2D eigenvalue weighted by Gasteiger charge is 2.18. The zero-order valence-corrected chi connectivity index (χ0v) is 11.4. The van der Waals surface area contributed by atoms with Crippen molar-refractivity contribution < 1.29 is 4.79 Å². The predicted octanol–water partition coefficient (Wildman–Crippen LogP) is 3.05. The monoisotopic (exact) mass is 274 g/mol. The normalized spacial score (nSPS) is 15.1. The molecule has 0 spiro atoms. The lowest BCUT2D eigenvalue weighted by molar-refractivity contribution is -0.129. The molecular formula is C15H15ClN2O. The van der Waals surface area contributed by atoms with Crippen LogP contribution in [0.2, 0.25) is 5.02 Å². The lowest BCUT2D eigenvalue weighted by Crippen LogP contribution is -2.29. The molecule has 4 heteroatoms. The maximum atomic E-state index is 12.1. The van der Waals surface area contributed by atoms with E-state index >= 15 is 0 Å². The first-order valence-electron chi connectivity index (χ1n) is 6.55. The Morgan fingerprint density at radius 2 is 1.95 bits per heavy atom. The van der Waals surface area contributed by atoms with Crippen molar-refractivity contribution in [3.63, 3.8) is 0 Å². The van der Waals surface area contributed by atoms with Crippen molar-refractivity contribution in [2.45, 2.75) is 19.3 Å². The van der Waals surface area contributed by atoms with Crippen molar-refractivity contribution >= 4 is 28.4 Å². The summed E-state index contributed by atoms with van der Waals surface area (Å²) in [5.41, 5.74) is 1.66. The van der Waals surface area contributed by atoms with E-state index in [1.807, 2.05) is 35.2 Å². The largest absolute Gasteiger partial charge is 0.342 e. The first-order valence-corrected chi connectivity index (χ1v) is 6.93. The highest BCUT2D eigenvalue weighted by atomic mass is 35.5. The summed E-state index contributed by atoms with van der Waals surface area (Å²) in [6.07, 6.45) is 2.61. The molecule has 1 aromatic heterocycles. The van der Waals surface area contributed by atoms with Crippen molar-refractivity contribution in [2.24, 2.45) is 0 Å². The number of halogens is 1. The second kappa shape index (κ2) is 5.17. The molecule has 0 saturated carbocycles. The van der Waals surface area contributed by atoms with Gasteiger partial charge in [0.15, 0.2) is 0 Å². The van der Waals surface area contributed by atoms with Crippen molar-refractivity contribution in [1.82, 2.24) is 9.88 Å². The zero-order chi connectivity index (χ0) is 13.2. The van der Waals surface area contributed by atoms with E-state index in [1.165, 1.54) is 0 Å². The molecule has 1 amide bonds. The molecule has 1 aromatic carbocycles. The minimum Gasteiger partial charge on any atom is -0.342 e. The van der Waals surface area contributed by atoms with Crippen molar-refractivity contribution in [3.05, 3.63) is 41.0 Å². The predicted molar refractivity (Wildman–Crippen MR) is 76.3 cm³/mol. The van der Waals surface area contributed by atoms with Crippen LogP contribution in [-0.2, 0) is 11.2 Å². The summed E-state index contributed by atoms with van der Waals surface area (Å²) >= 11 is 5.97. The number of aromatic nitrogens is 1. The molecule has 0 radical (unpaired) electrons. The maximum Gasteiger partial charge on any atom is 0.228 e. The Kier molecular flexibility index (Phi) is 3.38. The third-order valence-corrected chi connectivity index (χ3v) is 3.74. The molecule has 0 bridgehead atoms. The number of rotatable bonds is 2. The molecule has 1 aliphatic heterocycles. The Morgan fingerprint density at radius 1 is 1.21 bits per heavy atom. The number of hydrogen-bond donors (Lipinski definition) is 0. The molecule has 19 heavy (non-hydrogen) atoms. The number of hydrogen-bond acceptors (Lipinski definition) is 2. The standard InChI is InChI=1S/C15H15ClN2O/c16-12-5-3-11-4-6-13(17-14(11)9-12)10-15(19)18-7-1-2-8-18/h3-6,9H,1-2,7-8,10H2. The summed E-state index contributed by atoms with van der Waals surface area (Å²) in [5.74, 6) is 0.173. The number of amides is 1. The van der Waals surface area contributed by atoms with Gasteiger partial charge in [0.25, 0.3) is 0 Å². The quantitative estimate of drug-likeness (QED) is 0.843. The Labute approximate surface area is 117 Å². The van der Waals surface area contributed by atoms with E-state index in [2.05, 4.69) is 4.98 Å². The van der Waals surface area contributed by atoms with E-state index in [9.17, 15) is 4.79 Å². The SMILES string of the molecule is O=C(Cc1ccc2ccc(Cl)cc2n1)N1CCCC1. The summed E-state index contributed by atoms with van der Waals surface area (Å²) < 4.78 is 0. The van der Waals surface area contributed by atoms with Gasteiger partial charge in [-0.25, -0.2) is 0 Å². The number of carbonyl (C=O) groups excluding carboxylic acids is 1. The Balaban J connectivity index is 1.82. The highest BCUT2D eigenvalue weighted by Crippen LogP contribution is 2.18. The zero-order valence-electron chi connectivity index (χ0n) is 10.6. The van der Waals surface area contributed by atoms with Crippen molar-refractivity contribution in [3.8, 4) is 0 Å². The molecule has 0 N–H and O–H groups in total. The molecule has 98 valence electrons. The first kappa shape index (κ1) is 12.4. The fraction of sp³-hybridized carbons (Fsp3) is 0.333. The van der Waals surface area contributed by atoms with Crippen LogP contribution in [0, 0.1) is 0 Å². The lowest BCUT2D eigenvalue weighted by atomic mass is 10.1. The number of likely N-dealkylation sites (tertiary alicyclic amines) is 1. The van der Waals surface area contributed by atoms with Gasteiger partial charge in [-0.2, -0.15) is 0 Å². The highest BCUT2D eigenvalue weighted by molar-refractivity contribution is 6.31. The van der Waals surface area contributed by atoms with Crippen molar-refractivity contribution in [1.29, 1.82) is 0 Å². The van der Waals surface area contributed by atoms with Crippen LogP contribution in [0.4, 0.5) is 0 Å². The smallest absolute Gasteiger partial charge is 0.228 e. The van der Waals surface area contributed by atoms with E-state index in [0.29, 0.717) is 11.4 Å². The molecule has 2 aromatic rings. The van der Waals surface area contributed by atoms with Gasteiger partial charge in [-0.1, -0.05) is 23.7 Å². The van der Waals surface area contributed by atoms with Gasteiger partial charge in [-0.3, -0.25) is 9.78 Å².